The number of urea groups is 1. The standard InChI is InChI=1S/C26H27F2N3O2/c1-33-24-12-2-19(3-13-24)18-29-26(32)31-16-14-30(15-17-31)25(20-4-8-22(27)9-5-20)21-6-10-23(28)11-7-21/h2-13,25H,14-18H2,1H3,(H,29,32). The van der Waals surface area contributed by atoms with Crippen molar-refractivity contribution in [1.82, 2.24) is 15.1 Å². The summed E-state index contributed by atoms with van der Waals surface area (Å²) in [4.78, 5) is 16.7. The molecule has 1 N–H and O–H groups in total. The minimum absolute atomic E-state index is 0.106. The van der Waals surface area contributed by atoms with E-state index in [9.17, 15) is 13.6 Å². The molecule has 0 aliphatic carbocycles. The van der Waals surface area contributed by atoms with Gasteiger partial charge in [0.15, 0.2) is 0 Å². The molecule has 1 aliphatic rings. The van der Waals surface area contributed by atoms with Crippen LogP contribution < -0.4 is 10.1 Å². The van der Waals surface area contributed by atoms with Crippen LogP contribution in [0.2, 0.25) is 0 Å². The molecule has 172 valence electrons. The molecule has 1 fully saturated rings. The zero-order chi connectivity index (χ0) is 23.2. The number of piperazine rings is 1. The molecule has 0 radical (unpaired) electrons. The maximum absolute atomic E-state index is 13.5. The Labute approximate surface area is 192 Å². The van der Waals surface area contributed by atoms with Crippen LogP contribution in [0, 0.1) is 11.6 Å². The molecule has 1 saturated heterocycles. The summed E-state index contributed by atoms with van der Waals surface area (Å²) in [5, 5.41) is 2.97. The van der Waals surface area contributed by atoms with Crippen molar-refractivity contribution < 1.29 is 18.3 Å². The van der Waals surface area contributed by atoms with Crippen LogP contribution in [0.4, 0.5) is 13.6 Å². The molecule has 7 heteroatoms. The molecule has 2 amide bonds. The summed E-state index contributed by atoms with van der Waals surface area (Å²) < 4.78 is 32.2. The van der Waals surface area contributed by atoms with Gasteiger partial charge >= 0.3 is 6.03 Å². The first-order valence-electron chi connectivity index (χ1n) is 10.9. The second kappa shape index (κ2) is 10.4. The molecule has 3 aromatic carbocycles. The highest BCUT2D eigenvalue weighted by Crippen LogP contribution is 2.30. The summed E-state index contributed by atoms with van der Waals surface area (Å²) in [6, 6.07) is 20.1. The molecule has 0 spiro atoms. The minimum Gasteiger partial charge on any atom is -0.497 e. The van der Waals surface area contributed by atoms with Gasteiger partial charge in [-0.3, -0.25) is 4.90 Å². The van der Waals surface area contributed by atoms with Crippen molar-refractivity contribution in [1.29, 1.82) is 0 Å². The van der Waals surface area contributed by atoms with Gasteiger partial charge in [0, 0.05) is 32.7 Å². The van der Waals surface area contributed by atoms with E-state index in [1.54, 1.807) is 36.3 Å². The lowest BCUT2D eigenvalue weighted by Crippen LogP contribution is -2.52. The zero-order valence-electron chi connectivity index (χ0n) is 18.5. The fourth-order valence-corrected chi connectivity index (χ4v) is 4.12. The van der Waals surface area contributed by atoms with E-state index in [4.69, 9.17) is 4.74 Å². The third kappa shape index (κ3) is 5.68. The van der Waals surface area contributed by atoms with E-state index in [0.29, 0.717) is 32.7 Å². The lowest BCUT2D eigenvalue weighted by atomic mass is 9.96. The van der Waals surface area contributed by atoms with Gasteiger partial charge in [-0.2, -0.15) is 0 Å². The molecular formula is C26H27F2N3O2. The van der Waals surface area contributed by atoms with E-state index in [2.05, 4.69) is 10.2 Å². The Morgan fingerprint density at radius 2 is 1.36 bits per heavy atom. The minimum atomic E-state index is -0.296. The van der Waals surface area contributed by atoms with Crippen LogP contribution in [-0.2, 0) is 6.54 Å². The number of amides is 2. The van der Waals surface area contributed by atoms with Crippen molar-refractivity contribution in [3.8, 4) is 5.75 Å². The van der Waals surface area contributed by atoms with Crippen LogP contribution in [0.15, 0.2) is 72.8 Å². The van der Waals surface area contributed by atoms with E-state index >= 15 is 0 Å². The predicted octanol–water partition coefficient (Wildman–Crippen LogP) is 4.59. The fourth-order valence-electron chi connectivity index (χ4n) is 4.12. The van der Waals surface area contributed by atoms with Crippen LogP contribution in [-0.4, -0.2) is 49.1 Å². The highest BCUT2D eigenvalue weighted by atomic mass is 19.1. The Hall–Kier alpha value is -3.45. The van der Waals surface area contributed by atoms with Gasteiger partial charge < -0.3 is 15.0 Å². The quantitative estimate of drug-likeness (QED) is 0.596. The summed E-state index contributed by atoms with van der Waals surface area (Å²) in [7, 11) is 1.62. The van der Waals surface area contributed by atoms with E-state index in [1.165, 1.54) is 24.3 Å². The number of hydrogen-bond acceptors (Lipinski definition) is 3. The molecule has 0 unspecified atom stereocenters. The summed E-state index contributed by atoms with van der Waals surface area (Å²) >= 11 is 0. The third-order valence-electron chi connectivity index (χ3n) is 5.94. The lowest BCUT2D eigenvalue weighted by molar-refractivity contribution is 0.120. The normalized spacial score (nSPS) is 14.4. The van der Waals surface area contributed by atoms with Crippen molar-refractivity contribution in [2.45, 2.75) is 12.6 Å². The summed E-state index contributed by atoms with van der Waals surface area (Å²) in [5.41, 5.74) is 2.86. The molecule has 4 rings (SSSR count). The Balaban J connectivity index is 1.39. The van der Waals surface area contributed by atoms with Crippen LogP contribution >= 0.6 is 0 Å². The largest absolute Gasteiger partial charge is 0.497 e. The van der Waals surface area contributed by atoms with Crippen molar-refractivity contribution in [3.05, 3.63) is 101 Å². The van der Waals surface area contributed by atoms with E-state index < -0.39 is 0 Å². The second-order valence-electron chi connectivity index (χ2n) is 8.04. The molecule has 1 aliphatic heterocycles. The lowest BCUT2D eigenvalue weighted by Gasteiger charge is -2.39. The number of nitrogens with zero attached hydrogens (tertiary/aromatic N) is 2. The molecule has 0 aromatic heterocycles. The van der Waals surface area contributed by atoms with Gasteiger partial charge in [0.25, 0.3) is 0 Å². The van der Waals surface area contributed by atoms with Gasteiger partial charge in [0.1, 0.15) is 17.4 Å². The first kappa shape index (κ1) is 22.7. The second-order valence-corrected chi connectivity index (χ2v) is 8.04. The molecule has 0 bridgehead atoms. The van der Waals surface area contributed by atoms with Crippen LogP contribution in [0.1, 0.15) is 22.7 Å². The van der Waals surface area contributed by atoms with Crippen LogP contribution in [0.25, 0.3) is 0 Å². The number of hydrogen-bond donors (Lipinski definition) is 1. The summed E-state index contributed by atoms with van der Waals surface area (Å²) in [6.07, 6.45) is 0. The number of carbonyl (C=O) groups excluding carboxylic acids is 1. The highest BCUT2D eigenvalue weighted by Gasteiger charge is 2.28. The molecule has 5 nitrogen and oxygen atoms in total. The number of ether oxygens (including phenoxy) is 1. The Bertz CT molecular complexity index is 1000. The van der Waals surface area contributed by atoms with E-state index in [-0.39, 0.29) is 23.7 Å². The van der Waals surface area contributed by atoms with Crippen molar-refractivity contribution >= 4 is 6.03 Å². The number of nitrogens with one attached hydrogen (secondary N) is 1. The van der Waals surface area contributed by atoms with Gasteiger partial charge in [-0.05, 0) is 53.1 Å². The van der Waals surface area contributed by atoms with Crippen molar-refractivity contribution in [3.63, 3.8) is 0 Å². The van der Waals surface area contributed by atoms with Crippen molar-refractivity contribution in [2.75, 3.05) is 33.3 Å². The van der Waals surface area contributed by atoms with Crippen LogP contribution in [0.5, 0.6) is 5.75 Å². The zero-order valence-corrected chi connectivity index (χ0v) is 18.5. The molecular weight excluding hydrogens is 424 g/mol. The molecule has 3 aromatic rings. The number of methoxy groups -OCH3 is 1. The molecule has 1 heterocycles. The molecule has 0 saturated carbocycles. The number of benzene rings is 3. The highest BCUT2D eigenvalue weighted by molar-refractivity contribution is 5.74. The number of carbonyl (C=O) groups is 1. The van der Waals surface area contributed by atoms with E-state index in [0.717, 1.165) is 22.4 Å². The first-order chi connectivity index (χ1) is 16.0. The average Bonchev–Trinajstić information content (AvgIpc) is 2.86. The Morgan fingerprint density at radius 3 is 1.85 bits per heavy atom. The smallest absolute Gasteiger partial charge is 0.317 e. The Kier molecular flexibility index (Phi) is 7.19. The predicted molar refractivity (Wildman–Crippen MR) is 123 cm³/mol. The molecule has 0 atom stereocenters. The topological polar surface area (TPSA) is 44.8 Å². The summed E-state index contributed by atoms with van der Waals surface area (Å²) in [6.45, 7) is 2.86. The monoisotopic (exact) mass is 451 g/mol. The van der Waals surface area contributed by atoms with Crippen LogP contribution in [0.3, 0.4) is 0 Å². The maximum Gasteiger partial charge on any atom is 0.317 e. The maximum atomic E-state index is 13.5. The fraction of sp³-hybridized carbons (Fsp3) is 0.269. The average molecular weight is 452 g/mol. The Morgan fingerprint density at radius 1 is 0.848 bits per heavy atom. The van der Waals surface area contributed by atoms with Gasteiger partial charge in [-0.15, -0.1) is 0 Å². The van der Waals surface area contributed by atoms with Gasteiger partial charge in [0.05, 0.1) is 13.2 Å². The molecule has 33 heavy (non-hydrogen) atoms. The van der Waals surface area contributed by atoms with E-state index in [1.807, 2.05) is 24.3 Å². The van der Waals surface area contributed by atoms with Gasteiger partial charge in [0.2, 0.25) is 0 Å². The third-order valence-corrected chi connectivity index (χ3v) is 5.94. The number of halogens is 2. The SMILES string of the molecule is COc1ccc(CNC(=O)N2CCN(C(c3ccc(F)cc3)c3ccc(F)cc3)CC2)cc1. The van der Waals surface area contributed by atoms with Gasteiger partial charge in [-0.25, -0.2) is 13.6 Å². The first-order valence-corrected chi connectivity index (χ1v) is 10.9. The van der Waals surface area contributed by atoms with Crippen molar-refractivity contribution in [2.24, 2.45) is 0 Å². The number of rotatable bonds is 6. The summed E-state index contributed by atoms with van der Waals surface area (Å²) in [5.74, 6) is 0.183. The van der Waals surface area contributed by atoms with Gasteiger partial charge in [-0.1, -0.05) is 36.4 Å².